The Morgan fingerprint density at radius 1 is 1.47 bits per heavy atom. The molecule has 1 aromatic rings. The lowest BCUT2D eigenvalue weighted by Crippen LogP contribution is -2.41. The van der Waals surface area contributed by atoms with Gasteiger partial charge in [-0.1, -0.05) is 0 Å². The van der Waals surface area contributed by atoms with Crippen LogP contribution in [0, 0.1) is 18.3 Å². The van der Waals surface area contributed by atoms with E-state index in [0.29, 0.717) is 11.4 Å². The smallest absolute Gasteiger partial charge is 0.144 e. The molecule has 0 spiro atoms. The molecule has 2 heterocycles. The summed E-state index contributed by atoms with van der Waals surface area (Å²) in [5, 5.41) is 12.6. The molecule has 90 valence electrons. The number of rotatable bonds is 2. The van der Waals surface area contributed by atoms with Gasteiger partial charge in [0, 0.05) is 24.9 Å². The van der Waals surface area contributed by atoms with Gasteiger partial charge < -0.3 is 10.1 Å². The van der Waals surface area contributed by atoms with Gasteiger partial charge in [0.25, 0.3) is 0 Å². The fourth-order valence-corrected chi connectivity index (χ4v) is 2.03. The fourth-order valence-electron chi connectivity index (χ4n) is 2.03. The van der Waals surface area contributed by atoms with Crippen LogP contribution in [0.2, 0.25) is 0 Å². The van der Waals surface area contributed by atoms with E-state index in [2.05, 4.69) is 23.3 Å². The molecule has 0 unspecified atom stereocenters. The van der Waals surface area contributed by atoms with E-state index in [0.717, 1.165) is 31.6 Å². The number of pyridine rings is 1. The van der Waals surface area contributed by atoms with Gasteiger partial charge in [0.1, 0.15) is 11.9 Å². The molecule has 1 fully saturated rings. The Balaban J connectivity index is 2.24. The second-order valence-corrected chi connectivity index (χ2v) is 4.76. The molecule has 1 aliphatic rings. The van der Waals surface area contributed by atoms with E-state index in [9.17, 15) is 0 Å². The Hall–Kier alpha value is -1.60. The Morgan fingerprint density at radius 3 is 2.82 bits per heavy atom. The summed E-state index contributed by atoms with van der Waals surface area (Å²) in [5.41, 5.74) is 1.57. The van der Waals surface area contributed by atoms with Crippen molar-refractivity contribution in [3.63, 3.8) is 0 Å². The number of anilines is 1. The maximum absolute atomic E-state index is 9.16. The molecule has 2 rings (SSSR count). The Kier molecular flexibility index (Phi) is 3.30. The van der Waals surface area contributed by atoms with E-state index < -0.39 is 0 Å². The highest BCUT2D eigenvalue weighted by Gasteiger charge is 2.28. The summed E-state index contributed by atoms with van der Waals surface area (Å²) in [4.78, 5) is 4.28. The molecule has 1 aromatic heterocycles. The molecule has 1 aliphatic heterocycles. The van der Waals surface area contributed by atoms with E-state index in [1.54, 1.807) is 6.20 Å². The normalized spacial score (nSPS) is 18.4. The molecular formula is C13H17N3O. The Labute approximate surface area is 102 Å². The summed E-state index contributed by atoms with van der Waals surface area (Å²) in [6.45, 7) is 5.60. The highest BCUT2D eigenvalue weighted by Crippen LogP contribution is 2.26. The van der Waals surface area contributed by atoms with Crippen molar-refractivity contribution in [2.75, 3.05) is 18.5 Å². The lowest BCUT2D eigenvalue weighted by atomic mass is 9.92. The van der Waals surface area contributed by atoms with Gasteiger partial charge in [-0.3, -0.25) is 0 Å². The molecule has 17 heavy (non-hydrogen) atoms. The highest BCUT2D eigenvalue weighted by atomic mass is 16.5. The van der Waals surface area contributed by atoms with Crippen LogP contribution in [0.4, 0.5) is 5.82 Å². The quantitative estimate of drug-likeness (QED) is 0.848. The molecule has 4 heteroatoms. The van der Waals surface area contributed by atoms with Crippen LogP contribution in [0.1, 0.15) is 30.9 Å². The van der Waals surface area contributed by atoms with E-state index in [-0.39, 0.29) is 5.54 Å². The Bertz CT molecular complexity index is 444. The van der Waals surface area contributed by atoms with Crippen LogP contribution in [-0.4, -0.2) is 23.7 Å². The first-order chi connectivity index (χ1) is 8.14. The van der Waals surface area contributed by atoms with Gasteiger partial charge in [-0.2, -0.15) is 5.26 Å². The lowest BCUT2D eigenvalue weighted by Gasteiger charge is -2.35. The van der Waals surface area contributed by atoms with Gasteiger partial charge in [-0.15, -0.1) is 0 Å². The molecule has 0 saturated carbocycles. The molecule has 0 amide bonds. The number of hydrogen-bond acceptors (Lipinski definition) is 4. The highest BCUT2D eigenvalue weighted by molar-refractivity contribution is 5.56. The number of aryl methyl sites for hydroxylation is 1. The van der Waals surface area contributed by atoms with Crippen molar-refractivity contribution in [2.45, 2.75) is 32.2 Å². The molecule has 4 nitrogen and oxygen atoms in total. The average molecular weight is 231 g/mol. The molecule has 1 saturated heterocycles. The molecule has 0 bridgehead atoms. The predicted molar refractivity (Wildman–Crippen MR) is 65.8 cm³/mol. The summed E-state index contributed by atoms with van der Waals surface area (Å²) < 4.78 is 5.36. The lowest BCUT2D eigenvalue weighted by molar-refractivity contribution is 0.0657. The van der Waals surface area contributed by atoms with E-state index in [1.165, 1.54) is 0 Å². The van der Waals surface area contributed by atoms with Crippen molar-refractivity contribution in [1.82, 2.24) is 4.98 Å². The molecule has 0 aliphatic carbocycles. The van der Waals surface area contributed by atoms with Gasteiger partial charge in [0.2, 0.25) is 0 Å². The number of aromatic nitrogens is 1. The minimum atomic E-state index is -0.0232. The molecule has 1 N–H and O–H groups in total. The molecular weight excluding hydrogens is 214 g/mol. The van der Waals surface area contributed by atoms with Crippen molar-refractivity contribution in [1.29, 1.82) is 5.26 Å². The molecule has 0 radical (unpaired) electrons. The summed E-state index contributed by atoms with van der Waals surface area (Å²) in [6, 6.07) is 4.07. The van der Waals surface area contributed by atoms with Gasteiger partial charge in [0.15, 0.2) is 0 Å². The van der Waals surface area contributed by atoms with Crippen LogP contribution in [0.5, 0.6) is 0 Å². The third kappa shape index (κ3) is 2.56. The van der Waals surface area contributed by atoms with Crippen molar-refractivity contribution in [3.05, 3.63) is 23.4 Å². The minimum absolute atomic E-state index is 0.0232. The zero-order chi connectivity index (χ0) is 12.3. The largest absolute Gasteiger partial charge is 0.381 e. The van der Waals surface area contributed by atoms with Crippen LogP contribution in [0.25, 0.3) is 0 Å². The van der Waals surface area contributed by atoms with Crippen molar-refractivity contribution in [2.24, 2.45) is 0 Å². The topological polar surface area (TPSA) is 57.9 Å². The fraction of sp³-hybridized carbons (Fsp3) is 0.538. The molecule has 0 atom stereocenters. The SMILES string of the molecule is Cc1ccnc(NC2(C)CCOCC2)c1C#N. The second kappa shape index (κ2) is 4.72. The predicted octanol–water partition coefficient (Wildman–Crippen LogP) is 2.24. The zero-order valence-electron chi connectivity index (χ0n) is 10.3. The number of nitrogens with one attached hydrogen (secondary N) is 1. The minimum Gasteiger partial charge on any atom is -0.381 e. The van der Waals surface area contributed by atoms with E-state index in [1.807, 2.05) is 13.0 Å². The maximum Gasteiger partial charge on any atom is 0.144 e. The van der Waals surface area contributed by atoms with Crippen molar-refractivity contribution >= 4 is 5.82 Å². The standard InChI is InChI=1S/C13H17N3O/c1-10-3-6-15-12(11(10)9-14)16-13(2)4-7-17-8-5-13/h3,6H,4-5,7-8H2,1-2H3,(H,15,16). The van der Waals surface area contributed by atoms with E-state index >= 15 is 0 Å². The van der Waals surface area contributed by atoms with E-state index in [4.69, 9.17) is 10.00 Å². The number of nitriles is 1. The summed E-state index contributed by atoms with van der Waals surface area (Å²) in [7, 11) is 0. The first-order valence-corrected chi connectivity index (χ1v) is 5.86. The van der Waals surface area contributed by atoms with Gasteiger partial charge in [0.05, 0.1) is 5.56 Å². The first kappa shape index (κ1) is 11.9. The number of ether oxygens (including phenoxy) is 1. The number of hydrogen-bond donors (Lipinski definition) is 1. The van der Waals surface area contributed by atoms with Crippen molar-refractivity contribution < 1.29 is 4.74 Å². The maximum atomic E-state index is 9.16. The summed E-state index contributed by atoms with van der Waals surface area (Å²) >= 11 is 0. The average Bonchev–Trinajstić information content (AvgIpc) is 2.30. The third-order valence-corrected chi connectivity index (χ3v) is 3.29. The van der Waals surface area contributed by atoms with Crippen LogP contribution < -0.4 is 5.32 Å². The van der Waals surface area contributed by atoms with Gasteiger partial charge in [-0.25, -0.2) is 4.98 Å². The summed E-state index contributed by atoms with van der Waals surface area (Å²) in [5.74, 6) is 0.692. The van der Waals surface area contributed by atoms with Gasteiger partial charge in [-0.05, 0) is 38.3 Å². The summed E-state index contributed by atoms with van der Waals surface area (Å²) in [6.07, 6.45) is 3.61. The van der Waals surface area contributed by atoms with Crippen LogP contribution in [0.15, 0.2) is 12.3 Å². The van der Waals surface area contributed by atoms with Crippen LogP contribution in [0.3, 0.4) is 0 Å². The number of nitrogens with zero attached hydrogens (tertiary/aromatic N) is 2. The third-order valence-electron chi connectivity index (χ3n) is 3.29. The first-order valence-electron chi connectivity index (χ1n) is 5.86. The molecule has 0 aromatic carbocycles. The Morgan fingerprint density at radius 2 is 2.18 bits per heavy atom. The van der Waals surface area contributed by atoms with Crippen LogP contribution in [-0.2, 0) is 4.74 Å². The van der Waals surface area contributed by atoms with Gasteiger partial charge >= 0.3 is 0 Å². The van der Waals surface area contributed by atoms with Crippen LogP contribution >= 0.6 is 0 Å². The van der Waals surface area contributed by atoms with Crippen molar-refractivity contribution in [3.8, 4) is 6.07 Å². The monoisotopic (exact) mass is 231 g/mol. The second-order valence-electron chi connectivity index (χ2n) is 4.76. The zero-order valence-corrected chi connectivity index (χ0v) is 10.3.